The normalized spacial score (nSPS) is 13.6. The van der Waals surface area contributed by atoms with Crippen LogP contribution in [0.5, 0.6) is 0 Å². The monoisotopic (exact) mass is 333 g/mol. The van der Waals surface area contributed by atoms with Gasteiger partial charge >= 0.3 is 0 Å². The average molecular weight is 333 g/mol. The summed E-state index contributed by atoms with van der Waals surface area (Å²) in [7, 11) is 0. The van der Waals surface area contributed by atoms with Crippen LogP contribution in [0.25, 0.3) is 11.4 Å². The summed E-state index contributed by atoms with van der Waals surface area (Å²) in [5.74, 6) is 1.59. The topological polar surface area (TPSA) is 68.0 Å². The molecule has 0 spiro atoms. The van der Waals surface area contributed by atoms with E-state index in [-0.39, 0.29) is 5.91 Å². The van der Waals surface area contributed by atoms with Crippen LogP contribution in [0.15, 0.2) is 53.1 Å². The van der Waals surface area contributed by atoms with Gasteiger partial charge in [-0.25, -0.2) is 0 Å². The Balaban J connectivity index is 1.47. The molecule has 1 amide bonds. The molecule has 1 N–H and O–H groups in total. The van der Waals surface area contributed by atoms with Crippen LogP contribution in [0.2, 0.25) is 0 Å². The second kappa shape index (κ2) is 6.51. The van der Waals surface area contributed by atoms with Crippen molar-refractivity contribution in [2.75, 3.05) is 5.32 Å². The lowest BCUT2D eigenvalue weighted by molar-refractivity contribution is 0.102. The SMILES string of the molecule is CCc1cccc(NC(=O)c2ccc(-c3noc(C4CC4)n3)cc2)c1. The van der Waals surface area contributed by atoms with Crippen molar-refractivity contribution in [2.24, 2.45) is 0 Å². The molecule has 3 aromatic rings. The number of benzene rings is 2. The van der Waals surface area contributed by atoms with Gasteiger partial charge in [-0.1, -0.05) is 36.3 Å². The Morgan fingerprint density at radius 3 is 2.72 bits per heavy atom. The smallest absolute Gasteiger partial charge is 0.255 e. The molecule has 5 heteroatoms. The van der Waals surface area contributed by atoms with Gasteiger partial charge in [-0.2, -0.15) is 4.98 Å². The summed E-state index contributed by atoms with van der Waals surface area (Å²) in [6.45, 7) is 2.09. The molecule has 25 heavy (non-hydrogen) atoms. The van der Waals surface area contributed by atoms with Crippen LogP contribution in [0.3, 0.4) is 0 Å². The number of anilines is 1. The summed E-state index contributed by atoms with van der Waals surface area (Å²) < 4.78 is 5.28. The number of hydrogen-bond donors (Lipinski definition) is 1. The third-order valence-corrected chi connectivity index (χ3v) is 4.37. The fraction of sp³-hybridized carbons (Fsp3) is 0.250. The molecule has 0 aliphatic heterocycles. The molecule has 1 fully saturated rings. The molecule has 0 unspecified atom stereocenters. The van der Waals surface area contributed by atoms with Crippen molar-refractivity contribution in [3.8, 4) is 11.4 Å². The third kappa shape index (κ3) is 3.45. The first kappa shape index (κ1) is 15.6. The second-order valence-corrected chi connectivity index (χ2v) is 6.32. The molecule has 0 saturated heterocycles. The summed E-state index contributed by atoms with van der Waals surface area (Å²) in [6.07, 6.45) is 3.19. The first-order valence-corrected chi connectivity index (χ1v) is 8.57. The number of nitrogens with one attached hydrogen (secondary N) is 1. The zero-order valence-electron chi connectivity index (χ0n) is 14.0. The fourth-order valence-electron chi connectivity index (χ4n) is 2.69. The number of rotatable bonds is 5. The number of carbonyl (C=O) groups is 1. The van der Waals surface area contributed by atoms with Crippen LogP contribution < -0.4 is 5.32 Å². The maximum atomic E-state index is 12.4. The van der Waals surface area contributed by atoms with Gasteiger partial charge < -0.3 is 9.84 Å². The molecule has 1 heterocycles. The Labute approximate surface area is 146 Å². The minimum absolute atomic E-state index is 0.133. The summed E-state index contributed by atoms with van der Waals surface area (Å²) in [5.41, 5.74) is 3.44. The first-order valence-electron chi connectivity index (χ1n) is 8.57. The van der Waals surface area contributed by atoms with Crippen LogP contribution in [-0.4, -0.2) is 16.0 Å². The van der Waals surface area contributed by atoms with Crippen LogP contribution in [-0.2, 0) is 6.42 Å². The number of nitrogens with zero attached hydrogens (tertiary/aromatic N) is 2. The lowest BCUT2D eigenvalue weighted by Gasteiger charge is -2.07. The van der Waals surface area contributed by atoms with Crippen molar-refractivity contribution in [3.63, 3.8) is 0 Å². The van der Waals surface area contributed by atoms with Crippen molar-refractivity contribution in [3.05, 3.63) is 65.5 Å². The number of aromatic nitrogens is 2. The molecular weight excluding hydrogens is 314 g/mol. The van der Waals surface area contributed by atoms with E-state index in [1.807, 2.05) is 36.4 Å². The minimum Gasteiger partial charge on any atom is -0.339 e. The van der Waals surface area contributed by atoms with Crippen molar-refractivity contribution in [1.29, 1.82) is 0 Å². The molecule has 2 aromatic carbocycles. The van der Waals surface area contributed by atoms with E-state index >= 15 is 0 Å². The van der Waals surface area contributed by atoms with E-state index in [2.05, 4.69) is 22.4 Å². The number of hydrogen-bond acceptors (Lipinski definition) is 4. The van der Waals surface area contributed by atoms with Gasteiger partial charge in [0.1, 0.15) is 0 Å². The molecule has 0 bridgehead atoms. The van der Waals surface area contributed by atoms with Crippen LogP contribution >= 0.6 is 0 Å². The van der Waals surface area contributed by atoms with Crippen molar-refractivity contribution >= 4 is 11.6 Å². The Hall–Kier alpha value is -2.95. The number of aryl methyl sites for hydroxylation is 1. The van der Waals surface area contributed by atoms with Gasteiger partial charge in [0.2, 0.25) is 11.7 Å². The predicted molar refractivity (Wildman–Crippen MR) is 95.5 cm³/mol. The van der Waals surface area contributed by atoms with Gasteiger partial charge in [0.15, 0.2) is 0 Å². The van der Waals surface area contributed by atoms with Crippen molar-refractivity contribution < 1.29 is 9.32 Å². The van der Waals surface area contributed by atoms with Gasteiger partial charge in [0, 0.05) is 22.7 Å². The first-order chi connectivity index (χ1) is 12.2. The molecule has 1 aliphatic carbocycles. The molecule has 1 aliphatic rings. The predicted octanol–water partition coefficient (Wildman–Crippen LogP) is 4.43. The molecule has 1 saturated carbocycles. The van der Waals surface area contributed by atoms with Gasteiger partial charge in [0.25, 0.3) is 5.91 Å². The van der Waals surface area contributed by atoms with Gasteiger partial charge in [-0.3, -0.25) is 4.79 Å². The van der Waals surface area contributed by atoms with E-state index in [0.29, 0.717) is 23.2 Å². The summed E-state index contributed by atoms with van der Waals surface area (Å²) in [6, 6.07) is 15.1. The highest BCUT2D eigenvalue weighted by Gasteiger charge is 2.29. The molecule has 126 valence electrons. The molecule has 1 aromatic heterocycles. The Kier molecular flexibility index (Phi) is 4.06. The molecule has 0 atom stereocenters. The highest BCUT2D eigenvalue weighted by molar-refractivity contribution is 6.04. The molecular formula is C20H19N3O2. The van der Waals surface area contributed by atoms with Gasteiger partial charge in [0.05, 0.1) is 0 Å². The fourth-order valence-corrected chi connectivity index (χ4v) is 2.69. The number of carbonyl (C=O) groups excluding carboxylic acids is 1. The Bertz CT molecular complexity index is 895. The lowest BCUT2D eigenvalue weighted by Crippen LogP contribution is -2.11. The molecule has 0 radical (unpaired) electrons. The lowest BCUT2D eigenvalue weighted by atomic mass is 10.1. The third-order valence-electron chi connectivity index (χ3n) is 4.37. The van der Waals surface area contributed by atoms with Crippen LogP contribution in [0.4, 0.5) is 5.69 Å². The van der Waals surface area contributed by atoms with Crippen LogP contribution in [0, 0.1) is 0 Å². The quantitative estimate of drug-likeness (QED) is 0.750. The summed E-state index contributed by atoms with van der Waals surface area (Å²) in [5, 5.41) is 6.95. The van der Waals surface area contributed by atoms with E-state index in [9.17, 15) is 4.79 Å². The second-order valence-electron chi connectivity index (χ2n) is 6.32. The molecule has 4 rings (SSSR count). The van der Waals surface area contributed by atoms with Gasteiger partial charge in [-0.05, 0) is 49.1 Å². The van der Waals surface area contributed by atoms with Crippen LogP contribution in [0.1, 0.15) is 47.5 Å². The largest absolute Gasteiger partial charge is 0.339 e. The van der Waals surface area contributed by atoms with Crippen molar-refractivity contribution in [2.45, 2.75) is 32.1 Å². The Morgan fingerprint density at radius 1 is 1.20 bits per heavy atom. The number of amides is 1. The zero-order chi connectivity index (χ0) is 17.2. The summed E-state index contributed by atoms with van der Waals surface area (Å²) in [4.78, 5) is 16.8. The Morgan fingerprint density at radius 2 is 2.00 bits per heavy atom. The minimum atomic E-state index is -0.133. The van der Waals surface area contributed by atoms with Crippen molar-refractivity contribution in [1.82, 2.24) is 10.1 Å². The van der Waals surface area contributed by atoms with Gasteiger partial charge in [-0.15, -0.1) is 0 Å². The highest BCUT2D eigenvalue weighted by atomic mass is 16.5. The van der Waals surface area contributed by atoms with E-state index in [1.54, 1.807) is 12.1 Å². The maximum Gasteiger partial charge on any atom is 0.255 e. The highest BCUT2D eigenvalue weighted by Crippen LogP contribution is 2.39. The van der Waals surface area contributed by atoms with E-state index in [4.69, 9.17) is 4.52 Å². The summed E-state index contributed by atoms with van der Waals surface area (Å²) >= 11 is 0. The molecule has 5 nitrogen and oxygen atoms in total. The zero-order valence-corrected chi connectivity index (χ0v) is 14.0. The van der Waals surface area contributed by atoms with E-state index < -0.39 is 0 Å². The van der Waals surface area contributed by atoms with E-state index in [1.165, 1.54) is 5.56 Å². The van der Waals surface area contributed by atoms with E-state index in [0.717, 1.165) is 30.5 Å². The standard InChI is InChI=1S/C20H19N3O2/c1-2-13-4-3-5-17(12-13)21-19(24)15-8-6-14(7-9-15)18-22-20(25-23-18)16-10-11-16/h3-9,12,16H,2,10-11H2,1H3,(H,21,24). The average Bonchev–Trinajstić information content (AvgIpc) is 3.39. The maximum absolute atomic E-state index is 12.4.